The van der Waals surface area contributed by atoms with Gasteiger partial charge in [0.25, 0.3) is 0 Å². The predicted octanol–water partition coefficient (Wildman–Crippen LogP) is 4.93. The number of nitrogens with zero attached hydrogens (tertiary/aromatic N) is 4. The maximum absolute atomic E-state index is 15.6. The van der Waals surface area contributed by atoms with Crippen LogP contribution in [-0.2, 0) is 4.79 Å². The van der Waals surface area contributed by atoms with Crippen LogP contribution in [0.15, 0.2) is 24.4 Å². The molecule has 5 rings (SSSR count). The van der Waals surface area contributed by atoms with Gasteiger partial charge in [0.2, 0.25) is 5.91 Å². The van der Waals surface area contributed by atoms with Gasteiger partial charge in [-0.1, -0.05) is 29.0 Å². The Hall–Kier alpha value is -2.82. The number of aromatic nitrogens is 3. The Bertz CT molecular complexity index is 1400. The lowest BCUT2D eigenvalue weighted by molar-refractivity contribution is -0.117. The van der Waals surface area contributed by atoms with Crippen molar-refractivity contribution in [2.24, 2.45) is 5.92 Å². The first-order valence-electron chi connectivity index (χ1n) is 10.8. The minimum Gasteiger partial charge on any atom is -0.369 e. The molecule has 1 aliphatic rings. The highest BCUT2D eigenvalue weighted by Gasteiger charge is 2.43. The van der Waals surface area contributed by atoms with E-state index < -0.39 is 17.9 Å². The summed E-state index contributed by atoms with van der Waals surface area (Å²) in [6, 6.07) is 5.47. The molecule has 2 N–H and O–H groups in total. The van der Waals surface area contributed by atoms with Crippen LogP contribution in [0.1, 0.15) is 6.42 Å². The molecule has 1 aliphatic carbocycles. The van der Waals surface area contributed by atoms with E-state index in [4.69, 9.17) is 11.6 Å². The molecule has 0 aliphatic heterocycles. The second-order valence-corrected chi connectivity index (χ2v) is 10.2. The monoisotopic (exact) mass is 504 g/mol. The van der Waals surface area contributed by atoms with E-state index in [0.717, 1.165) is 11.2 Å². The van der Waals surface area contributed by atoms with Gasteiger partial charge in [-0.15, -0.1) is 0 Å². The highest BCUT2D eigenvalue weighted by atomic mass is 35.5. The van der Waals surface area contributed by atoms with Gasteiger partial charge in [-0.2, -0.15) is 5.10 Å². The maximum atomic E-state index is 15.6. The summed E-state index contributed by atoms with van der Waals surface area (Å²) in [5.74, 6) is -1.46. The number of hydrogen-bond acceptors (Lipinski definition) is 6. The molecular formula is C23H23ClF2N6OS. The van der Waals surface area contributed by atoms with Crippen molar-refractivity contribution in [1.29, 1.82) is 0 Å². The molecule has 2 unspecified atom stereocenters. The SMILES string of the molecule is CN(C)CCN(C)c1c(F)c(Cl)c(-c2ccc3nc(NC(=O)C4CC4F)sc3c2)c2cn[nH]c12. The van der Waals surface area contributed by atoms with Gasteiger partial charge in [0.05, 0.1) is 32.9 Å². The number of H-pyrrole nitrogens is 1. The molecule has 2 atom stereocenters. The molecule has 7 nitrogen and oxygen atoms in total. The number of nitrogens with one attached hydrogen (secondary N) is 2. The van der Waals surface area contributed by atoms with Gasteiger partial charge in [-0.3, -0.25) is 9.89 Å². The summed E-state index contributed by atoms with van der Waals surface area (Å²) < 4.78 is 29.5. The van der Waals surface area contributed by atoms with Crippen LogP contribution in [0, 0.1) is 11.7 Å². The molecule has 0 bridgehead atoms. The number of alkyl halides is 1. The molecule has 0 saturated heterocycles. The minimum absolute atomic E-state index is 0.0146. The smallest absolute Gasteiger partial charge is 0.232 e. The molecule has 34 heavy (non-hydrogen) atoms. The van der Waals surface area contributed by atoms with Gasteiger partial charge in [-0.25, -0.2) is 13.8 Å². The number of likely N-dealkylation sites (N-methyl/N-ethyl adjacent to an activating group) is 2. The summed E-state index contributed by atoms with van der Waals surface area (Å²) in [5.41, 5.74) is 2.86. The lowest BCUT2D eigenvalue weighted by Gasteiger charge is -2.24. The number of anilines is 2. The fourth-order valence-corrected chi connectivity index (χ4v) is 5.18. The lowest BCUT2D eigenvalue weighted by atomic mass is 10.00. The van der Waals surface area contributed by atoms with E-state index in [0.29, 0.717) is 44.9 Å². The van der Waals surface area contributed by atoms with Crippen molar-refractivity contribution in [3.05, 3.63) is 35.2 Å². The topological polar surface area (TPSA) is 77.2 Å². The molecule has 1 saturated carbocycles. The van der Waals surface area contributed by atoms with Gasteiger partial charge in [-0.05, 0) is 38.2 Å². The number of halogens is 3. The van der Waals surface area contributed by atoms with E-state index in [9.17, 15) is 9.18 Å². The summed E-state index contributed by atoms with van der Waals surface area (Å²) in [6.07, 6.45) is 0.830. The highest BCUT2D eigenvalue weighted by Crippen LogP contribution is 2.43. The molecule has 4 aromatic rings. The van der Waals surface area contributed by atoms with Crippen LogP contribution in [0.5, 0.6) is 0 Å². The zero-order valence-electron chi connectivity index (χ0n) is 18.8. The molecular weight excluding hydrogens is 482 g/mol. The zero-order valence-corrected chi connectivity index (χ0v) is 20.4. The summed E-state index contributed by atoms with van der Waals surface area (Å²) in [7, 11) is 5.74. The number of benzene rings is 2. The van der Waals surface area contributed by atoms with Gasteiger partial charge in [0.1, 0.15) is 11.9 Å². The first-order chi connectivity index (χ1) is 16.2. The summed E-state index contributed by atoms with van der Waals surface area (Å²) in [6.45, 7) is 1.36. The minimum atomic E-state index is -1.07. The van der Waals surface area contributed by atoms with Crippen molar-refractivity contribution in [2.75, 3.05) is 44.4 Å². The standard InChI is InChI=1S/C23H23ClF2N6OS/c1-31(2)6-7-32(3)21-19(26)18(24)17(13-10-27-30-20(13)21)11-4-5-15-16(8-11)34-23(28-15)29-22(33)12-9-14(12)25/h4-5,8,10,12,14H,6-7,9H2,1-3H3,(H,27,30)(H,28,29,33). The lowest BCUT2D eigenvalue weighted by Crippen LogP contribution is -2.29. The Morgan fingerprint density at radius 1 is 1.32 bits per heavy atom. The van der Waals surface area contributed by atoms with Gasteiger partial charge in [0, 0.05) is 31.1 Å². The van der Waals surface area contributed by atoms with E-state index in [-0.39, 0.29) is 17.4 Å². The van der Waals surface area contributed by atoms with Gasteiger partial charge >= 0.3 is 0 Å². The first kappa shape index (κ1) is 22.9. The fraction of sp³-hybridized carbons (Fsp3) is 0.348. The normalized spacial score (nSPS) is 17.6. The number of thiazole rings is 1. The highest BCUT2D eigenvalue weighted by molar-refractivity contribution is 7.22. The number of carbonyl (C=O) groups excluding carboxylic acids is 1. The largest absolute Gasteiger partial charge is 0.369 e. The number of carbonyl (C=O) groups is 1. The van der Waals surface area contributed by atoms with Crippen LogP contribution in [0.2, 0.25) is 5.02 Å². The Morgan fingerprint density at radius 2 is 2.09 bits per heavy atom. The van der Waals surface area contributed by atoms with Crippen molar-refractivity contribution in [1.82, 2.24) is 20.1 Å². The third-order valence-corrected chi connectivity index (χ3v) is 7.28. The van der Waals surface area contributed by atoms with Gasteiger partial charge in [0.15, 0.2) is 10.9 Å². The van der Waals surface area contributed by atoms with Crippen LogP contribution in [0.4, 0.5) is 19.6 Å². The van der Waals surface area contributed by atoms with Crippen LogP contribution in [0.25, 0.3) is 32.2 Å². The van der Waals surface area contributed by atoms with E-state index >= 15 is 4.39 Å². The van der Waals surface area contributed by atoms with Crippen LogP contribution in [0.3, 0.4) is 0 Å². The van der Waals surface area contributed by atoms with E-state index in [1.54, 1.807) is 12.3 Å². The molecule has 2 heterocycles. The second kappa shape index (κ2) is 8.75. The molecule has 1 fully saturated rings. The number of rotatable bonds is 7. The number of amides is 1. The third-order valence-electron chi connectivity index (χ3n) is 5.99. The quantitative estimate of drug-likeness (QED) is 0.373. The maximum Gasteiger partial charge on any atom is 0.232 e. The number of fused-ring (bicyclic) bond motifs is 2. The molecule has 0 radical (unpaired) electrons. The fourth-order valence-electron chi connectivity index (χ4n) is 3.97. The Balaban J connectivity index is 1.53. The average molecular weight is 505 g/mol. The number of aromatic amines is 1. The van der Waals surface area contributed by atoms with Crippen molar-refractivity contribution < 1.29 is 13.6 Å². The molecule has 11 heteroatoms. The molecule has 1 amide bonds. The van der Waals surface area contributed by atoms with E-state index in [2.05, 4.69) is 20.5 Å². The van der Waals surface area contributed by atoms with Crippen molar-refractivity contribution in [2.45, 2.75) is 12.6 Å². The zero-order chi connectivity index (χ0) is 24.1. The average Bonchev–Trinajstić information content (AvgIpc) is 3.16. The Morgan fingerprint density at radius 3 is 2.79 bits per heavy atom. The molecule has 2 aromatic carbocycles. The Kier molecular flexibility index (Phi) is 5.91. The molecule has 2 aromatic heterocycles. The van der Waals surface area contributed by atoms with Crippen molar-refractivity contribution in [3.63, 3.8) is 0 Å². The summed E-state index contributed by atoms with van der Waals surface area (Å²) >= 11 is 7.87. The summed E-state index contributed by atoms with van der Waals surface area (Å²) in [4.78, 5) is 20.3. The molecule has 0 spiro atoms. The van der Waals surface area contributed by atoms with Crippen LogP contribution >= 0.6 is 22.9 Å². The van der Waals surface area contributed by atoms with E-state index in [1.165, 1.54) is 11.3 Å². The van der Waals surface area contributed by atoms with Crippen molar-refractivity contribution >= 4 is 60.8 Å². The Labute approximate surface area is 203 Å². The predicted molar refractivity (Wildman–Crippen MR) is 133 cm³/mol. The van der Waals surface area contributed by atoms with Crippen LogP contribution in [-0.4, -0.2) is 66.4 Å². The third kappa shape index (κ3) is 4.10. The number of hydrogen-bond donors (Lipinski definition) is 2. The summed E-state index contributed by atoms with van der Waals surface area (Å²) in [5, 5.41) is 10.9. The molecule has 178 valence electrons. The first-order valence-corrected chi connectivity index (χ1v) is 12.0. The van der Waals surface area contributed by atoms with E-state index in [1.807, 2.05) is 43.1 Å². The van der Waals surface area contributed by atoms with Gasteiger partial charge < -0.3 is 15.1 Å². The van der Waals surface area contributed by atoms with Crippen molar-refractivity contribution in [3.8, 4) is 11.1 Å². The van der Waals surface area contributed by atoms with Crippen LogP contribution < -0.4 is 10.2 Å². The second-order valence-electron chi connectivity index (χ2n) is 8.78.